The van der Waals surface area contributed by atoms with Crippen molar-refractivity contribution in [2.45, 2.75) is 88.8 Å². The lowest BCUT2D eigenvalue weighted by Gasteiger charge is -2.52. The van der Waals surface area contributed by atoms with Crippen LogP contribution in [0.3, 0.4) is 0 Å². The lowest BCUT2D eigenvalue weighted by atomic mass is 9.68. The second kappa shape index (κ2) is 17.7. The van der Waals surface area contributed by atoms with Crippen LogP contribution >= 0.6 is 23.8 Å². The van der Waals surface area contributed by atoms with Gasteiger partial charge in [0.1, 0.15) is 12.1 Å². The van der Waals surface area contributed by atoms with E-state index >= 15 is 0 Å². The van der Waals surface area contributed by atoms with E-state index in [4.69, 9.17) is 33.3 Å². The minimum Gasteiger partial charge on any atom is -0.493 e. The second-order valence-electron chi connectivity index (χ2n) is 16.1. The van der Waals surface area contributed by atoms with Crippen LogP contribution in [0.2, 0.25) is 5.02 Å². The van der Waals surface area contributed by atoms with Gasteiger partial charge in [-0.15, -0.1) is 0 Å². The molecule has 304 valence electrons. The van der Waals surface area contributed by atoms with Gasteiger partial charge >= 0.3 is 0 Å². The fourth-order valence-electron chi connectivity index (χ4n) is 9.84. The van der Waals surface area contributed by atoms with E-state index in [1.807, 2.05) is 35.1 Å². The van der Waals surface area contributed by atoms with Crippen LogP contribution < -0.4 is 25.0 Å². The number of halogens is 1. The van der Waals surface area contributed by atoms with Gasteiger partial charge in [0.15, 0.2) is 22.3 Å². The van der Waals surface area contributed by atoms with Gasteiger partial charge in [0.25, 0.3) is 0 Å². The minimum atomic E-state index is -0.155. The number of fused-ring (bicyclic) bond motifs is 3. The second-order valence-corrected chi connectivity index (χ2v) is 17.0. The zero-order chi connectivity index (χ0) is 39.4. The van der Waals surface area contributed by atoms with Crippen molar-refractivity contribution in [2.75, 3.05) is 64.9 Å². The molecular weight excluding hydrogens is 758 g/mol. The van der Waals surface area contributed by atoms with Crippen LogP contribution in [0, 0.1) is 5.92 Å². The van der Waals surface area contributed by atoms with Gasteiger partial charge in [0.2, 0.25) is 5.91 Å². The zero-order valence-electron chi connectivity index (χ0n) is 33.3. The fraction of sp³-hybridized carbons (Fsp3) is 0.558. The Hall–Kier alpha value is -4.20. The zero-order valence-corrected chi connectivity index (χ0v) is 34.9. The standard InChI is InChI=1S/C43H56ClN9O3S/c1-55-37-25-31-15-20-52(19-8-18-45-42(57)49-33-10-4-3-5-11-33)43(35(31)26-38(37)56-2)16-13-30(14-17-43)41(54)51-23-21-50(22-24-51)39-34-27-48-53(40(34)47-29-46-39)28-32-9-6-7-12-36(32)44/h6-7,9,12,25-27,29-30,33H,3-5,8,10-11,13-24,28H2,1-2H3,(H2,45,49,57). The van der Waals surface area contributed by atoms with E-state index in [0.717, 1.165) is 97.2 Å². The molecular formula is C43H56ClN9O3S. The number of amides is 1. The van der Waals surface area contributed by atoms with Crippen LogP contribution in [0.4, 0.5) is 5.82 Å². The molecule has 2 saturated carbocycles. The third-order valence-electron chi connectivity index (χ3n) is 12.9. The Kier molecular flexibility index (Phi) is 12.3. The summed E-state index contributed by atoms with van der Waals surface area (Å²) in [6.07, 6.45) is 15.3. The van der Waals surface area contributed by atoms with Crippen LogP contribution in [0.15, 0.2) is 48.9 Å². The Balaban J connectivity index is 0.905. The molecule has 14 heteroatoms. The summed E-state index contributed by atoms with van der Waals surface area (Å²) in [6, 6.07) is 12.7. The number of carbonyl (C=O) groups excluding carboxylic acids is 1. The largest absolute Gasteiger partial charge is 0.493 e. The number of benzene rings is 2. The molecule has 1 spiro atoms. The van der Waals surface area contributed by atoms with Crippen molar-refractivity contribution in [1.82, 2.24) is 40.2 Å². The van der Waals surface area contributed by atoms with Crippen LogP contribution in [-0.4, -0.2) is 107 Å². The van der Waals surface area contributed by atoms with Gasteiger partial charge in [-0.2, -0.15) is 5.10 Å². The van der Waals surface area contributed by atoms with E-state index in [-0.39, 0.29) is 17.4 Å². The van der Waals surface area contributed by atoms with E-state index in [1.165, 1.54) is 43.2 Å². The number of thiocarbonyl (C=S) groups is 1. The lowest BCUT2D eigenvalue weighted by Crippen LogP contribution is -2.55. The van der Waals surface area contributed by atoms with E-state index in [9.17, 15) is 4.79 Å². The maximum absolute atomic E-state index is 14.2. The van der Waals surface area contributed by atoms with E-state index < -0.39 is 0 Å². The molecule has 4 aromatic rings. The van der Waals surface area contributed by atoms with E-state index in [1.54, 1.807) is 20.5 Å². The van der Waals surface area contributed by atoms with E-state index in [0.29, 0.717) is 43.8 Å². The molecule has 57 heavy (non-hydrogen) atoms. The van der Waals surface area contributed by atoms with Crippen molar-refractivity contribution in [3.05, 3.63) is 70.6 Å². The molecule has 2 aromatic heterocycles. The summed E-state index contributed by atoms with van der Waals surface area (Å²) >= 11 is 12.1. The molecule has 12 nitrogen and oxygen atoms in total. The molecule has 2 N–H and O–H groups in total. The third-order valence-corrected chi connectivity index (χ3v) is 13.6. The van der Waals surface area contributed by atoms with Gasteiger partial charge in [-0.1, -0.05) is 49.1 Å². The number of piperazine rings is 1. The van der Waals surface area contributed by atoms with Crippen LogP contribution in [0.25, 0.3) is 11.0 Å². The lowest BCUT2D eigenvalue weighted by molar-refractivity contribution is -0.138. The quantitative estimate of drug-likeness (QED) is 0.131. The average molecular weight is 815 g/mol. The number of ether oxygens (including phenoxy) is 2. The molecule has 0 unspecified atom stereocenters. The summed E-state index contributed by atoms with van der Waals surface area (Å²) in [5.74, 6) is 2.69. The van der Waals surface area contributed by atoms with Gasteiger partial charge in [-0.05, 0) is 98.5 Å². The summed E-state index contributed by atoms with van der Waals surface area (Å²) in [7, 11) is 3.42. The molecule has 2 aliphatic carbocycles. The Morgan fingerprint density at radius 2 is 1.72 bits per heavy atom. The van der Waals surface area contributed by atoms with Crippen LogP contribution in [0.5, 0.6) is 11.5 Å². The average Bonchev–Trinajstić information content (AvgIpc) is 3.66. The summed E-state index contributed by atoms with van der Waals surface area (Å²) in [5.41, 5.74) is 4.27. The molecule has 8 rings (SSSR count). The number of hydrogen-bond donors (Lipinski definition) is 2. The number of hydrogen-bond acceptors (Lipinski definition) is 9. The first kappa shape index (κ1) is 39.6. The molecule has 1 saturated heterocycles. The molecule has 1 amide bonds. The predicted octanol–water partition coefficient (Wildman–Crippen LogP) is 6.32. The van der Waals surface area contributed by atoms with Crippen LogP contribution in [-0.2, 0) is 23.3 Å². The highest BCUT2D eigenvalue weighted by Crippen LogP contribution is 2.50. The normalized spacial score (nSPS) is 21.7. The fourth-order valence-corrected chi connectivity index (χ4v) is 10.3. The number of nitrogens with zero attached hydrogens (tertiary/aromatic N) is 7. The number of aromatic nitrogens is 4. The summed E-state index contributed by atoms with van der Waals surface area (Å²) in [6.45, 7) is 6.04. The first-order valence-electron chi connectivity index (χ1n) is 20.9. The summed E-state index contributed by atoms with van der Waals surface area (Å²) in [5, 5.41) is 14.1. The monoisotopic (exact) mass is 813 g/mol. The SMILES string of the molecule is COc1cc2c(cc1OC)C1(CCC(C(=O)N3CCN(c4ncnc5c4cnn5Cc4ccccc4Cl)CC3)CC1)N(CCCNC(=S)NC1CCCCC1)CC2. The first-order chi connectivity index (χ1) is 27.9. The minimum absolute atomic E-state index is 0.00764. The van der Waals surface area contributed by atoms with Crippen molar-refractivity contribution in [1.29, 1.82) is 0 Å². The Morgan fingerprint density at radius 1 is 0.965 bits per heavy atom. The van der Waals surface area contributed by atoms with Crippen molar-refractivity contribution in [3.8, 4) is 11.5 Å². The summed E-state index contributed by atoms with van der Waals surface area (Å²) in [4.78, 5) is 30.5. The molecule has 3 fully saturated rings. The number of nitrogens with one attached hydrogen (secondary N) is 2. The van der Waals surface area contributed by atoms with Gasteiger partial charge < -0.3 is 29.9 Å². The Bertz CT molecular complexity index is 2040. The van der Waals surface area contributed by atoms with Gasteiger partial charge in [-0.25, -0.2) is 14.6 Å². The maximum atomic E-state index is 14.2. The van der Waals surface area contributed by atoms with Crippen molar-refractivity contribution in [2.24, 2.45) is 5.92 Å². The molecule has 4 heterocycles. The molecule has 0 bridgehead atoms. The topological polar surface area (TPSA) is 113 Å². The molecule has 2 aromatic carbocycles. The van der Waals surface area contributed by atoms with Crippen molar-refractivity contribution < 1.29 is 14.3 Å². The highest BCUT2D eigenvalue weighted by atomic mass is 35.5. The molecule has 2 aliphatic heterocycles. The maximum Gasteiger partial charge on any atom is 0.225 e. The highest BCUT2D eigenvalue weighted by molar-refractivity contribution is 7.80. The van der Waals surface area contributed by atoms with E-state index in [2.05, 4.69) is 52.5 Å². The number of methoxy groups -OCH3 is 2. The summed E-state index contributed by atoms with van der Waals surface area (Å²) < 4.78 is 13.4. The van der Waals surface area contributed by atoms with Gasteiger partial charge in [-0.3, -0.25) is 9.69 Å². The Morgan fingerprint density at radius 3 is 2.47 bits per heavy atom. The van der Waals surface area contributed by atoms with Gasteiger partial charge in [0.05, 0.1) is 32.3 Å². The molecule has 0 atom stereocenters. The number of rotatable bonds is 11. The van der Waals surface area contributed by atoms with Crippen molar-refractivity contribution >= 4 is 51.7 Å². The predicted molar refractivity (Wildman–Crippen MR) is 228 cm³/mol. The van der Waals surface area contributed by atoms with Crippen molar-refractivity contribution in [3.63, 3.8) is 0 Å². The molecule has 0 radical (unpaired) electrons. The third kappa shape index (κ3) is 8.38. The van der Waals surface area contributed by atoms with Crippen LogP contribution in [0.1, 0.15) is 80.9 Å². The first-order valence-corrected chi connectivity index (χ1v) is 21.6. The highest BCUT2D eigenvalue weighted by Gasteiger charge is 2.47. The number of carbonyl (C=O) groups is 1. The number of anilines is 1. The molecule has 4 aliphatic rings. The smallest absolute Gasteiger partial charge is 0.225 e. The van der Waals surface area contributed by atoms with Gasteiger partial charge in [0, 0.05) is 68.3 Å². The Labute approximate surface area is 346 Å².